The van der Waals surface area contributed by atoms with E-state index in [1.54, 1.807) is 0 Å². The molecule has 2 heterocycles. The quantitative estimate of drug-likeness (QED) is 0.759. The number of carbonyl (C=O) groups excluding carboxylic acids is 1. The van der Waals surface area contributed by atoms with Crippen molar-refractivity contribution in [3.8, 4) is 0 Å². The molecule has 0 radical (unpaired) electrons. The number of thiophene rings is 1. The van der Waals surface area contributed by atoms with Crippen LogP contribution in [0.4, 0.5) is 0 Å². The van der Waals surface area contributed by atoms with Crippen molar-refractivity contribution in [2.24, 2.45) is 0 Å². The first-order chi connectivity index (χ1) is 11.8. The molecule has 0 saturated carbocycles. The van der Waals surface area contributed by atoms with Gasteiger partial charge >= 0.3 is 0 Å². The van der Waals surface area contributed by atoms with Gasteiger partial charge in [-0.15, -0.1) is 23.7 Å². The number of nitrogens with zero attached hydrogens (tertiary/aromatic N) is 1. The lowest BCUT2D eigenvalue weighted by atomic mass is 10.0. The van der Waals surface area contributed by atoms with Crippen LogP contribution in [0.3, 0.4) is 0 Å². The second-order valence-electron chi connectivity index (χ2n) is 6.68. The normalized spacial score (nSPS) is 15.1. The third-order valence-corrected chi connectivity index (χ3v) is 5.94. The number of carbonyl (C=O) groups is 1. The van der Waals surface area contributed by atoms with Gasteiger partial charge in [0.25, 0.3) is 0 Å². The molecule has 1 aliphatic rings. The maximum Gasteiger partial charge on any atom is 0.222 e. The highest BCUT2D eigenvalue weighted by Crippen LogP contribution is 2.27. The van der Waals surface area contributed by atoms with E-state index in [0.717, 1.165) is 51.7 Å². The molecule has 1 aromatic heterocycles. The summed E-state index contributed by atoms with van der Waals surface area (Å²) in [6.45, 7) is 5.15. The number of hydrogen-bond acceptors (Lipinski definition) is 3. The summed E-state index contributed by atoms with van der Waals surface area (Å²) in [5, 5.41) is 7.01. The third-order valence-electron chi connectivity index (χ3n) is 4.93. The van der Waals surface area contributed by atoms with Crippen molar-refractivity contribution in [2.75, 3.05) is 19.6 Å². The SMILES string of the molecule is CCCN(C(=O)CCCc1csc2ccccc12)C1CCNCC1.Cl. The van der Waals surface area contributed by atoms with Crippen molar-refractivity contribution in [1.29, 1.82) is 0 Å². The standard InChI is InChI=1S/C20H28N2OS.ClH/c1-2-14-22(17-10-12-21-13-11-17)20(23)9-5-6-16-15-24-19-8-4-3-7-18(16)19;/h3-4,7-8,15,17,21H,2,5-6,9-14H2,1H3;1H. The van der Waals surface area contributed by atoms with Crippen molar-refractivity contribution < 1.29 is 4.79 Å². The molecule has 1 aromatic carbocycles. The second kappa shape index (κ2) is 10.1. The van der Waals surface area contributed by atoms with Crippen LogP contribution in [0.1, 0.15) is 44.6 Å². The molecule has 25 heavy (non-hydrogen) atoms. The van der Waals surface area contributed by atoms with Gasteiger partial charge in [-0.2, -0.15) is 0 Å². The minimum atomic E-state index is 0. The Hall–Kier alpha value is -1.10. The molecule has 0 aliphatic carbocycles. The van der Waals surface area contributed by atoms with E-state index in [1.807, 2.05) is 11.3 Å². The molecular formula is C20H29ClN2OS. The van der Waals surface area contributed by atoms with Crippen LogP contribution in [0.25, 0.3) is 10.1 Å². The van der Waals surface area contributed by atoms with Crippen molar-refractivity contribution >= 4 is 39.7 Å². The highest BCUT2D eigenvalue weighted by Gasteiger charge is 2.24. The minimum Gasteiger partial charge on any atom is -0.340 e. The molecule has 0 unspecified atom stereocenters. The molecule has 3 nitrogen and oxygen atoms in total. The first kappa shape index (κ1) is 20.2. The first-order valence-electron chi connectivity index (χ1n) is 9.25. The van der Waals surface area contributed by atoms with Gasteiger partial charge < -0.3 is 10.2 Å². The summed E-state index contributed by atoms with van der Waals surface area (Å²) in [6, 6.07) is 9.01. The molecule has 0 bridgehead atoms. The molecule has 3 rings (SSSR count). The molecule has 0 atom stereocenters. The van der Waals surface area contributed by atoms with E-state index in [2.05, 4.69) is 46.8 Å². The smallest absolute Gasteiger partial charge is 0.222 e. The van der Waals surface area contributed by atoms with Crippen LogP contribution in [0.5, 0.6) is 0 Å². The predicted octanol–water partition coefficient (Wildman–Crippen LogP) is 4.64. The van der Waals surface area contributed by atoms with Crippen LogP contribution in [-0.4, -0.2) is 36.5 Å². The van der Waals surface area contributed by atoms with E-state index < -0.39 is 0 Å². The fraction of sp³-hybridized carbons (Fsp3) is 0.550. The van der Waals surface area contributed by atoms with Gasteiger partial charge in [-0.25, -0.2) is 0 Å². The summed E-state index contributed by atoms with van der Waals surface area (Å²) >= 11 is 1.81. The number of nitrogens with one attached hydrogen (secondary N) is 1. The molecule has 1 N–H and O–H groups in total. The van der Waals surface area contributed by atoms with Gasteiger partial charge in [-0.1, -0.05) is 25.1 Å². The van der Waals surface area contributed by atoms with Gasteiger partial charge in [0.15, 0.2) is 0 Å². The zero-order chi connectivity index (χ0) is 16.8. The summed E-state index contributed by atoms with van der Waals surface area (Å²) in [5.74, 6) is 0.350. The van der Waals surface area contributed by atoms with Gasteiger partial charge in [-0.3, -0.25) is 4.79 Å². The molecule has 0 spiro atoms. The average Bonchev–Trinajstić information content (AvgIpc) is 3.03. The van der Waals surface area contributed by atoms with E-state index in [1.165, 1.54) is 15.6 Å². The second-order valence-corrected chi connectivity index (χ2v) is 7.59. The highest BCUT2D eigenvalue weighted by molar-refractivity contribution is 7.17. The van der Waals surface area contributed by atoms with E-state index in [9.17, 15) is 4.79 Å². The Labute approximate surface area is 161 Å². The number of piperidine rings is 1. The topological polar surface area (TPSA) is 32.3 Å². The molecule has 2 aromatic rings. The number of aryl methyl sites for hydroxylation is 1. The van der Waals surface area contributed by atoms with Crippen molar-refractivity contribution in [1.82, 2.24) is 10.2 Å². The number of fused-ring (bicyclic) bond motifs is 1. The summed E-state index contributed by atoms with van der Waals surface area (Å²) < 4.78 is 1.35. The lowest BCUT2D eigenvalue weighted by Crippen LogP contribution is -2.46. The van der Waals surface area contributed by atoms with Crippen LogP contribution in [0.15, 0.2) is 29.6 Å². The van der Waals surface area contributed by atoms with Crippen LogP contribution >= 0.6 is 23.7 Å². The predicted molar refractivity (Wildman–Crippen MR) is 110 cm³/mol. The van der Waals surface area contributed by atoms with Gasteiger partial charge in [0.1, 0.15) is 0 Å². The summed E-state index contributed by atoms with van der Waals surface area (Å²) in [4.78, 5) is 14.9. The number of hydrogen-bond donors (Lipinski definition) is 1. The Kier molecular flexibility index (Phi) is 8.20. The number of benzene rings is 1. The van der Waals surface area contributed by atoms with E-state index in [0.29, 0.717) is 18.4 Å². The fourth-order valence-corrected chi connectivity index (χ4v) is 4.67. The molecule has 1 saturated heterocycles. The summed E-state index contributed by atoms with van der Waals surface area (Å²) in [7, 11) is 0. The van der Waals surface area contributed by atoms with E-state index >= 15 is 0 Å². The van der Waals surface area contributed by atoms with E-state index in [4.69, 9.17) is 0 Å². The lowest BCUT2D eigenvalue weighted by Gasteiger charge is -2.34. The van der Waals surface area contributed by atoms with Gasteiger partial charge in [-0.05, 0) is 67.6 Å². The Morgan fingerprint density at radius 3 is 2.80 bits per heavy atom. The molecule has 5 heteroatoms. The summed E-state index contributed by atoms with van der Waals surface area (Å²) in [6.07, 6.45) is 5.87. The van der Waals surface area contributed by atoms with Crippen LogP contribution in [-0.2, 0) is 11.2 Å². The number of halogens is 1. The maximum absolute atomic E-state index is 12.7. The zero-order valence-electron chi connectivity index (χ0n) is 15.0. The number of rotatable bonds is 7. The molecular weight excluding hydrogens is 352 g/mol. The monoisotopic (exact) mass is 380 g/mol. The molecule has 1 amide bonds. The van der Waals surface area contributed by atoms with Gasteiger partial charge in [0.05, 0.1) is 0 Å². The minimum absolute atomic E-state index is 0. The fourth-order valence-electron chi connectivity index (χ4n) is 3.67. The Bertz CT molecular complexity index is 667. The Balaban J connectivity index is 0.00000225. The largest absolute Gasteiger partial charge is 0.340 e. The first-order valence-corrected chi connectivity index (χ1v) is 10.1. The van der Waals surface area contributed by atoms with Crippen LogP contribution < -0.4 is 5.32 Å². The molecule has 1 aliphatic heterocycles. The van der Waals surface area contributed by atoms with Crippen molar-refractivity contribution in [3.05, 3.63) is 35.2 Å². The van der Waals surface area contributed by atoms with Crippen molar-refractivity contribution in [2.45, 2.75) is 51.5 Å². The molecule has 1 fully saturated rings. The van der Waals surface area contributed by atoms with Gasteiger partial charge in [0, 0.05) is 23.7 Å². The molecule has 138 valence electrons. The highest BCUT2D eigenvalue weighted by atomic mass is 35.5. The van der Waals surface area contributed by atoms with Crippen LogP contribution in [0, 0.1) is 0 Å². The van der Waals surface area contributed by atoms with Crippen molar-refractivity contribution in [3.63, 3.8) is 0 Å². The number of amides is 1. The van der Waals surface area contributed by atoms with Gasteiger partial charge in [0.2, 0.25) is 5.91 Å². The summed E-state index contributed by atoms with van der Waals surface area (Å²) in [5.41, 5.74) is 1.40. The third kappa shape index (κ3) is 5.19. The van der Waals surface area contributed by atoms with Crippen LogP contribution in [0.2, 0.25) is 0 Å². The Morgan fingerprint density at radius 1 is 1.28 bits per heavy atom. The zero-order valence-corrected chi connectivity index (χ0v) is 16.6. The average molecular weight is 381 g/mol. The maximum atomic E-state index is 12.7. The van der Waals surface area contributed by atoms with E-state index in [-0.39, 0.29) is 12.4 Å². The lowest BCUT2D eigenvalue weighted by molar-refractivity contribution is -0.134. The Morgan fingerprint density at radius 2 is 2.04 bits per heavy atom.